The third kappa shape index (κ3) is 14.6. The molecule has 2 aromatic heterocycles. The van der Waals surface area contributed by atoms with E-state index in [1.807, 2.05) is 6.07 Å². The summed E-state index contributed by atoms with van der Waals surface area (Å²) in [5.41, 5.74) is 4.73. The predicted molar refractivity (Wildman–Crippen MR) is 221 cm³/mol. The minimum Gasteiger partial charge on any atom is -0.465 e. The van der Waals surface area contributed by atoms with Crippen molar-refractivity contribution in [2.45, 2.75) is 154 Å². The van der Waals surface area contributed by atoms with Gasteiger partial charge in [0.1, 0.15) is 25.0 Å². The molecule has 4 N–H and O–H groups in total. The lowest BCUT2D eigenvalue weighted by Gasteiger charge is -2.31. The van der Waals surface area contributed by atoms with Crippen molar-refractivity contribution in [3.05, 3.63) is 48.3 Å². The Bertz CT molecular complexity index is 1850. The molecule has 17 heteroatoms. The molecule has 4 rings (SSSR count). The van der Waals surface area contributed by atoms with Gasteiger partial charge in [0, 0.05) is 6.42 Å². The minimum atomic E-state index is -4.71. The number of aliphatic hydroxyl groups is 1. The number of fused-ring (bicyclic) bond motifs is 1. The number of imidazole rings is 1. The maximum Gasteiger partial charge on any atom is 0.407 e. The number of hydrogen-bond acceptors (Lipinski definition) is 13. The Kier molecular flexibility index (Phi) is 19.7. The van der Waals surface area contributed by atoms with Crippen LogP contribution < -0.4 is 10.8 Å². The van der Waals surface area contributed by atoms with Gasteiger partial charge in [-0.25, -0.2) is 19.4 Å². The molecule has 0 unspecified atom stereocenters. The lowest BCUT2D eigenvalue weighted by Crippen LogP contribution is -2.44. The largest absolute Gasteiger partial charge is 0.465 e. The Morgan fingerprint density at radius 2 is 1.59 bits per heavy atom. The van der Waals surface area contributed by atoms with E-state index in [1.165, 1.54) is 30.7 Å². The second-order valence-electron chi connectivity index (χ2n) is 15.0. The van der Waals surface area contributed by atoms with Crippen molar-refractivity contribution < 1.29 is 46.9 Å². The van der Waals surface area contributed by atoms with Crippen molar-refractivity contribution in [3.8, 4) is 12.3 Å². The second-order valence-corrected chi connectivity index (χ2v) is 16.7. The summed E-state index contributed by atoms with van der Waals surface area (Å²) in [7, 11) is -4.71. The fraction of sp³-hybridized carbons (Fsp3) is 0.643. The van der Waals surface area contributed by atoms with E-state index in [2.05, 4.69) is 39.8 Å². The van der Waals surface area contributed by atoms with Crippen LogP contribution in [0.25, 0.3) is 11.2 Å². The Morgan fingerprint density at radius 3 is 2.20 bits per heavy atom. The van der Waals surface area contributed by atoms with E-state index in [-0.39, 0.29) is 43.0 Å². The van der Waals surface area contributed by atoms with E-state index in [4.69, 9.17) is 35.4 Å². The summed E-state index contributed by atoms with van der Waals surface area (Å²) in [4.78, 5) is 38.3. The quantitative estimate of drug-likeness (QED) is 0.0213. The molecule has 0 aliphatic carbocycles. The molecule has 0 amide bonds. The van der Waals surface area contributed by atoms with Crippen molar-refractivity contribution in [2.24, 2.45) is 0 Å². The van der Waals surface area contributed by atoms with Gasteiger partial charge in [0.05, 0.1) is 19.5 Å². The molecule has 0 saturated carbocycles. The number of esters is 2. The zero-order valence-corrected chi connectivity index (χ0v) is 35.6. The third-order valence-corrected chi connectivity index (χ3v) is 11.9. The summed E-state index contributed by atoms with van der Waals surface area (Å²) < 4.78 is 59.4. The number of benzene rings is 1. The van der Waals surface area contributed by atoms with Crippen LogP contribution in [0.15, 0.2) is 36.7 Å². The topological polar surface area (TPSA) is 199 Å². The Hall–Kier alpha value is -3.97. The van der Waals surface area contributed by atoms with E-state index in [9.17, 15) is 23.7 Å². The number of nitrogens with zero attached hydrogens (tertiary/aromatic N) is 4. The first-order chi connectivity index (χ1) is 28.4. The Balaban J connectivity index is 1.52. The van der Waals surface area contributed by atoms with Crippen LogP contribution in [0.4, 0.5) is 10.2 Å². The van der Waals surface area contributed by atoms with Gasteiger partial charge in [-0.1, -0.05) is 127 Å². The van der Waals surface area contributed by atoms with Gasteiger partial charge < -0.3 is 25.1 Å². The molecule has 1 saturated heterocycles. The van der Waals surface area contributed by atoms with Crippen LogP contribution >= 0.6 is 7.75 Å². The zero-order chi connectivity index (χ0) is 42.7. The number of nitrogens with two attached hydrogens (primary N) is 1. The first-order valence-electron chi connectivity index (χ1n) is 21.0. The number of terminal acetylenes is 1. The summed E-state index contributed by atoms with van der Waals surface area (Å²) in [6, 6.07) is 7.77. The van der Waals surface area contributed by atoms with Gasteiger partial charge in [0.2, 0.25) is 0 Å². The van der Waals surface area contributed by atoms with Crippen LogP contribution in [-0.4, -0.2) is 80.2 Å². The molecular weight excluding hydrogens is 782 g/mol. The van der Waals surface area contributed by atoms with Crippen molar-refractivity contribution >= 4 is 36.7 Å². The molecule has 1 aromatic carbocycles. The van der Waals surface area contributed by atoms with Gasteiger partial charge in [0.15, 0.2) is 28.7 Å². The van der Waals surface area contributed by atoms with E-state index in [0.717, 1.165) is 69.8 Å². The SMILES string of the molecule is C#C[C@]1(CO[P@@](=O)(N[C@@H](Cc2ccccc2)C(=O)OCCCCCCCCC)O[C@@H](C)C(=O)OCCCCCCCCC)O[C@@H](n2cnc3c(N)nc(F)nc32)C[C@@H]1O. The fourth-order valence-electron chi connectivity index (χ4n) is 6.78. The van der Waals surface area contributed by atoms with E-state index < -0.39 is 62.4 Å². The van der Waals surface area contributed by atoms with Crippen molar-refractivity contribution in [1.29, 1.82) is 0 Å². The van der Waals surface area contributed by atoms with Crippen LogP contribution in [0.2, 0.25) is 0 Å². The number of nitrogen functional groups attached to an aromatic ring is 1. The van der Waals surface area contributed by atoms with Gasteiger partial charge in [-0.15, -0.1) is 6.42 Å². The number of aliphatic hydroxyl groups excluding tert-OH is 1. The molecule has 3 aromatic rings. The standard InChI is InChI=1S/C42H62FN6O9P/c1-5-8-10-12-14-16-21-25-54-39(51)31(4)58-59(53,48-33(27-32-23-19-18-20-24-32)40(52)55-26-22-17-15-13-11-9-6-2)56-29-42(7-3)34(50)28-35(57-42)49-30-45-36-37(44)46-41(43)47-38(36)49/h3,18-20,23-24,30-31,33-35,50H,5-6,8-17,21-22,25-29H2,1-2,4H3,(H,48,53)(H2,44,46,47)/t31-,33-,34-,35+,42+,59-/m0/s1. The van der Waals surface area contributed by atoms with E-state index in [0.29, 0.717) is 12.8 Å². The normalized spacial score (nSPS) is 19.9. The van der Waals surface area contributed by atoms with Gasteiger partial charge >= 0.3 is 25.8 Å². The minimum absolute atomic E-state index is 0.000740. The van der Waals surface area contributed by atoms with Gasteiger partial charge in [-0.2, -0.15) is 14.4 Å². The van der Waals surface area contributed by atoms with Crippen molar-refractivity contribution in [1.82, 2.24) is 24.6 Å². The van der Waals surface area contributed by atoms with Crippen LogP contribution in [0, 0.1) is 18.4 Å². The average Bonchev–Trinajstić information content (AvgIpc) is 3.79. The molecule has 3 heterocycles. The number of ether oxygens (including phenoxy) is 3. The van der Waals surface area contributed by atoms with Crippen LogP contribution in [0.5, 0.6) is 0 Å². The van der Waals surface area contributed by atoms with E-state index >= 15 is 0 Å². The number of halogens is 1. The summed E-state index contributed by atoms with van der Waals surface area (Å²) in [5.74, 6) is 0.735. The molecular formula is C42H62FN6O9P. The second kappa shape index (κ2) is 24.3. The van der Waals surface area contributed by atoms with Gasteiger partial charge in [0.25, 0.3) is 0 Å². The fourth-order valence-corrected chi connectivity index (χ4v) is 8.42. The van der Waals surface area contributed by atoms with Crippen LogP contribution in [-0.2, 0) is 43.8 Å². The summed E-state index contributed by atoms with van der Waals surface area (Å²) in [6.07, 6.45) is 16.5. The molecule has 326 valence electrons. The summed E-state index contributed by atoms with van der Waals surface area (Å²) >= 11 is 0. The number of carbonyl (C=O) groups is 2. The van der Waals surface area contributed by atoms with E-state index in [1.54, 1.807) is 24.3 Å². The number of carbonyl (C=O) groups excluding carboxylic acids is 2. The maximum atomic E-state index is 14.9. The van der Waals surface area contributed by atoms with Gasteiger partial charge in [-0.05, 0) is 31.7 Å². The maximum absolute atomic E-state index is 14.9. The molecule has 0 bridgehead atoms. The Labute approximate surface area is 347 Å². The highest BCUT2D eigenvalue weighted by Crippen LogP contribution is 2.49. The smallest absolute Gasteiger partial charge is 0.407 e. The van der Waals surface area contributed by atoms with Gasteiger partial charge in [-0.3, -0.25) is 18.4 Å². The third-order valence-electron chi connectivity index (χ3n) is 10.2. The summed E-state index contributed by atoms with van der Waals surface area (Å²) in [5, 5.41) is 14.0. The lowest BCUT2D eigenvalue weighted by atomic mass is 9.99. The molecule has 15 nitrogen and oxygen atoms in total. The highest BCUT2D eigenvalue weighted by Gasteiger charge is 2.50. The molecule has 1 aliphatic rings. The molecule has 59 heavy (non-hydrogen) atoms. The van der Waals surface area contributed by atoms with Crippen LogP contribution in [0.3, 0.4) is 0 Å². The molecule has 1 aliphatic heterocycles. The number of rotatable bonds is 28. The monoisotopic (exact) mass is 844 g/mol. The Morgan fingerprint density at radius 1 is 1.00 bits per heavy atom. The molecule has 6 atom stereocenters. The predicted octanol–water partition coefficient (Wildman–Crippen LogP) is 7.52. The van der Waals surface area contributed by atoms with Crippen molar-refractivity contribution in [3.63, 3.8) is 0 Å². The van der Waals surface area contributed by atoms with Crippen LogP contribution in [0.1, 0.15) is 129 Å². The highest BCUT2D eigenvalue weighted by molar-refractivity contribution is 7.51. The first kappa shape index (κ1) is 47.7. The summed E-state index contributed by atoms with van der Waals surface area (Å²) in [6.45, 7) is 5.25. The average molecular weight is 845 g/mol. The molecule has 1 fully saturated rings. The number of hydrogen-bond donors (Lipinski definition) is 3. The number of aromatic nitrogens is 4. The lowest BCUT2D eigenvalue weighted by molar-refractivity contribution is -0.152. The number of anilines is 1. The van der Waals surface area contributed by atoms with Crippen molar-refractivity contribution in [2.75, 3.05) is 25.6 Å². The first-order valence-corrected chi connectivity index (χ1v) is 22.6. The molecule has 0 radical (unpaired) electrons. The molecule has 0 spiro atoms. The zero-order valence-electron chi connectivity index (χ0n) is 34.7. The number of unbranched alkanes of at least 4 members (excludes halogenated alkanes) is 12. The highest BCUT2D eigenvalue weighted by atomic mass is 31.2. The number of nitrogens with one attached hydrogen (secondary N) is 1.